The topological polar surface area (TPSA) is 32.7 Å². The number of aliphatic imine (C=N–C) groups is 1. The lowest BCUT2D eigenvalue weighted by molar-refractivity contribution is -0.120. The summed E-state index contributed by atoms with van der Waals surface area (Å²) in [7, 11) is 0. The van der Waals surface area contributed by atoms with Gasteiger partial charge >= 0.3 is 0 Å². The van der Waals surface area contributed by atoms with E-state index in [0.717, 1.165) is 14.5 Å². The van der Waals surface area contributed by atoms with Crippen molar-refractivity contribution >= 4 is 61.3 Å². The van der Waals surface area contributed by atoms with Crippen molar-refractivity contribution in [2.45, 2.75) is 0 Å². The van der Waals surface area contributed by atoms with Gasteiger partial charge in [0.05, 0.1) is 4.48 Å². The van der Waals surface area contributed by atoms with Crippen LogP contribution in [0.4, 0.5) is 0 Å². The van der Waals surface area contributed by atoms with E-state index in [0.29, 0.717) is 16.6 Å². The molecule has 1 amide bonds. The van der Waals surface area contributed by atoms with Crippen LogP contribution in [0.5, 0.6) is 0 Å². The van der Waals surface area contributed by atoms with Gasteiger partial charge in [0.2, 0.25) is 0 Å². The lowest BCUT2D eigenvalue weighted by Gasteiger charge is -2.17. The molecule has 6 heteroatoms. The Morgan fingerprint density at radius 1 is 1.20 bits per heavy atom. The number of hydrogen-bond donors (Lipinski definition) is 0. The number of amidine groups is 1. The lowest BCUT2D eigenvalue weighted by Crippen LogP contribution is -2.28. The first-order valence-corrected chi connectivity index (χ1v) is 7.65. The molecule has 0 saturated carbocycles. The zero-order valence-corrected chi connectivity index (χ0v) is 13.9. The van der Waals surface area contributed by atoms with Crippen molar-refractivity contribution in [3.63, 3.8) is 0 Å². The highest BCUT2D eigenvalue weighted by atomic mass is 79.9. The first-order valence-electron chi connectivity index (χ1n) is 5.69. The highest BCUT2D eigenvalue weighted by Crippen LogP contribution is 2.31. The van der Waals surface area contributed by atoms with Gasteiger partial charge in [0.15, 0.2) is 5.84 Å². The van der Waals surface area contributed by atoms with E-state index in [9.17, 15) is 4.79 Å². The summed E-state index contributed by atoms with van der Waals surface area (Å²) < 4.78 is 1.57. The number of carbonyl (C=O) groups excluding carboxylic acids is 1. The Hall–Kier alpha value is -1.17. The Labute approximate surface area is 137 Å². The number of carbonyl (C=O) groups is 1. The quantitative estimate of drug-likeness (QED) is 0.625. The number of rotatable bonds is 1. The predicted molar refractivity (Wildman–Crippen MR) is 87.7 cm³/mol. The summed E-state index contributed by atoms with van der Waals surface area (Å²) in [6, 6.07) is 7.24. The Morgan fingerprint density at radius 3 is 2.60 bits per heavy atom. The molecule has 2 aliphatic heterocycles. The van der Waals surface area contributed by atoms with Crippen LogP contribution >= 0.6 is 43.5 Å². The van der Waals surface area contributed by atoms with Crippen molar-refractivity contribution < 1.29 is 4.79 Å². The van der Waals surface area contributed by atoms with E-state index in [-0.39, 0.29) is 5.91 Å². The normalized spacial score (nSPS) is 19.8. The molecule has 0 aromatic heterocycles. The molecule has 2 aliphatic rings. The summed E-state index contributed by atoms with van der Waals surface area (Å²) in [4.78, 5) is 18.2. The maximum atomic E-state index is 12.3. The molecular weight excluding hydrogens is 407 g/mol. The minimum absolute atomic E-state index is 0.156. The van der Waals surface area contributed by atoms with Crippen LogP contribution < -0.4 is 0 Å². The predicted octanol–water partition coefficient (Wildman–Crippen LogP) is 4.45. The zero-order chi connectivity index (χ0) is 14.3. The van der Waals surface area contributed by atoms with E-state index in [1.807, 2.05) is 18.2 Å². The SMILES string of the molecule is O=C1/C(=C/c2ccc(Cl)cc2)N=C2C(Br)=CC(Br)=CN12. The monoisotopic (exact) mass is 412 g/mol. The Kier molecular flexibility index (Phi) is 3.67. The second-order valence-electron chi connectivity index (χ2n) is 4.20. The van der Waals surface area contributed by atoms with E-state index in [2.05, 4.69) is 36.9 Å². The number of amides is 1. The molecule has 20 heavy (non-hydrogen) atoms. The standard InChI is InChI=1S/C14H7Br2ClN2O/c15-9-6-11(16)13-18-12(14(20)19(13)7-9)5-8-1-3-10(17)4-2-8/h1-7H/b12-5-. The van der Waals surface area contributed by atoms with Crippen molar-refractivity contribution in [2.24, 2.45) is 4.99 Å². The third-order valence-corrected chi connectivity index (χ3v) is 4.07. The molecule has 3 rings (SSSR count). The fraction of sp³-hybridized carbons (Fsp3) is 0. The van der Waals surface area contributed by atoms with Crippen LogP contribution in [0.1, 0.15) is 5.56 Å². The second-order valence-corrected chi connectivity index (χ2v) is 6.40. The highest BCUT2D eigenvalue weighted by molar-refractivity contribution is 9.12. The molecule has 0 aliphatic carbocycles. The van der Waals surface area contributed by atoms with Crippen LogP contribution in [0.2, 0.25) is 5.02 Å². The van der Waals surface area contributed by atoms with E-state index in [1.165, 1.54) is 4.90 Å². The number of nitrogens with zero attached hydrogens (tertiary/aromatic N) is 2. The third kappa shape index (κ3) is 2.53. The maximum Gasteiger partial charge on any atom is 0.282 e. The molecule has 0 atom stereocenters. The smallest absolute Gasteiger partial charge is 0.266 e. The summed E-state index contributed by atoms with van der Waals surface area (Å²) >= 11 is 12.6. The first kappa shape index (κ1) is 13.8. The Morgan fingerprint density at radius 2 is 1.90 bits per heavy atom. The summed E-state index contributed by atoms with van der Waals surface area (Å²) in [6.07, 6.45) is 5.30. The molecule has 0 N–H and O–H groups in total. The molecule has 0 saturated heterocycles. The molecule has 1 aromatic rings. The lowest BCUT2D eigenvalue weighted by atomic mass is 10.2. The van der Waals surface area contributed by atoms with E-state index in [4.69, 9.17) is 11.6 Å². The molecule has 1 aromatic carbocycles. The number of hydrogen-bond acceptors (Lipinski definition) is 2. The maximum absolute atomic E-state index is 12.3. The third-order valence-electron chi connectivity index (χ3n) is 2.80. The van der Waals surface area contributed by atoms with Crippen LogP contribution in [-0.4, -0.2) is 16.6 Å². The molecule has 100 valence electrons. The van der Waals surface area contributed by atoms with Gasteiger partial charge in [-0.3, -0.25) is 9.69 Å². The molecule has 0 fully saturated rings. The van der Waals surface area contributed by atoms with Gasteiger partial charge in [0.1, 0.15) is 5.70 Å². The zero-order valence-electron chi connectivity index (χ0n) is 9.98. The minimum atomic E-state index is -0.156. The van der Waals surface area contributed by atoms with Gasteiger partial charge < -0.3 is 0 Å². The molecule has 0 spiro atoms. The van der Waals surface area contributed by atoms with Crippen LogP contribution in [0, 0.1) is 0 Å². The van der Waals surface area contributed by atoms with Crippen LogP contribution in [-0.2, 0) is 4.79 Å². The van der Waals surface area contributed by atoms with Crippen molar-refractivity contribution in [2.75, 3.05) is 0 Å². The molecule has 0 radical (unpaired) electrons. The number of allylic oxidation sites excluding steroid dienone is 2. The van der Waals surface area contributed by atoms with Gasteiger partial charge in [-0.05, 0) is 61.7 Å². The molecule has 0 unspecified atom stereocenters. The molecule has 0 bridgehead atoms. The Balaban J connectivity index is 2.00. The number of fused-ring (bicyclic) bond motifs is 1. The van der Waals surface area contributed by atoms with Gasteiger partial charge in [-0.1, -0.05) is 23.7 Å². The average Bonchev–Trinajstić information content (AvgIpc) is 2.71. The van der Waals surface area contributed by atoms with Gasteiger partial charge in [0.25, 0.3) is 5.91 Å². The van der Waals surface area contributed by atoms with E-state index >= 15 is 0 Å². The van der Waals surface area contributed by atoms with Crippen molar-refractivity contribution in [3.8, 4) is 0 Å². The minimum Gasteiger partial charge on any atom is -0.266 e. The fourth-order valence-electron chi connectivity index (χ4n) is 1.88. The van der Waals surface area contributed by atoms with Crippen molar-refractivity contribution in [1.82, 2.24) is 4.90 Å². The van der Waals surface area contributed by atoms with Gasteiger partial charge in [-0.15, -0.1) is 0 Å². The van der Waals surface area contributed by atoms with Gasteiger partial charge in [-0.25, -0.2) is 4.99 Å². The highest BCUT2D eigenvalue weighted by Gasteiger charge is 2.32. The number of benzene rings is 1. The van der Waals surface area contributed by atoms with Gasteiger partial charge in [-0.2, -0.15) is 0 Å². The Bertz CT molecular complexity index is 717. The van der Waals surface area contributed by atoms with Crippen molar-refractivity contribution in [1.29, 1.82) is 0 Å². The van der Waals surface area contributed by atoms with E-state index < -0.39 is 0 Å². The summed E-state index contributed by atoms with van der Waals surface area (Å²) in [5, 5.41) is 0.658. The van der Waals surface area contributed by atoms with Gasteiger partial charge in [0, 0.05) is 15.7 Å². The molecular formula is C14H7Br2ClN2O. The van der Waals surface area contributed by atoms with Crippen LogP contribution in [0.3, 0.4) is 0 Å². The van der Waals surface area contributed by atoms with Crippen LogP contribution in [0.25, 0.3) is 6.08 Å². The molecule has 2 heterocycles. The first-order chi connectivity index (χ1) is 9.54. The number of halogens is 3. The van der Waals surface area contributed by atoms with Crippen molar-refractivity contribution in [3.05, 3.63) is 61.8 Å². The largest absolute Gasteiger partial charge is 0.282 e. The summed E-state index contributed by atoms with van der Waals surface area (Å²) in [5.41, 5.74) is 1.27. The van der Waals surface area contributed by atoms with E-state index in [1.54, 1.807) is 24.4 Å². The summed E-state index contributed by atoms with van der Waals surface area (Å²) in [5.74, 6) is 0.440. The second kappa shape index (κ2) is 5.31. The summed E-state index contributed by atoms with van der Waals surface area (Å²) in [6.45, 7) is 0. The average molecular weight is 414 g/mol. The van der Waals surface area contributed by atoms with Crippen LogP contribution in [0.15, 0.2) is 56.2 Å². The fourth-order valence-corrected chi connectivity index (χ4v) is 3.27. The molecule has 3 nitrogen and oxygen atoms in total.